The Labute approximate surface area is 212 Å². The Balaban J connectivity index is 2.52. The fourth-order valence-electron chi connectivity index (χ4n) is 2.73. The summed E-state index contributed by atoms with van der Waals surface area (Å²) >= 11 is 3.15. The maximum absolute atomic E-state index is 15.2. The summed E-state index contributed by atoms with van der Waals surface area (Å²) in [6, 6.07) is 11.2. The minimum Gasteiger partial charge on any atom is -0.487 e. The van der Waals surface area contributed by atoms with Crippen molar-refractivity contribution < 1.29 is 36.6 Å². The molecule has 0 saturated heterocycles. The van der Waals surface area contributed by atoms with Crippen LogP contribution < -0.4 is 13.8 Å². The molecular formula is C23H26BrFN2O7S. The molecule has 0 atom stereocenters. The molecule has 35 heavy (non-hydrogen) atoms. The van der Waals surface area contributed by atoms with Crippen molar-refractivity contribution in [1.82, 2.24) is 4.72 Å². The number of hydrogen-bond donors (Lipinski definition) is 1. The van der Waals surface area contributed by atoms with E-state index in [0.717, 1.165) is 11.6 Å². The van der Waals surface area contributed by atoms with Crippen molar-refractivity contribution in [3.63, 3.8) is 0 Å². The summed E-state index contributed by atoms with van der Waals surface area (Å²) in [5, 5.41) is 0. The Hall–Kier alpha value is -3.12. The summed E-state index contributed by atoms with van der Waals surface area (Å²) in [4.78, 5) is 24.5. The molecule has 2 aromatic carbocycles. The number of esters is 1. The molecule has 190 valence electrons. The number of benzene rings is 2. The lowest BCUT2D eigenvalue weighted by molar-refractivity contribution is -0.152. The first-order chi connectivity index (χ1) is 16.3. The third-order valence-electron chi connectivity index (χ3n) is 4.01. The number of hydrogen-bond acceptors (Lipinski definition) is 7. The standard InChI is InChI=1S/C23H26BrFN2O7S/c1-5-11-32-22(29)26-35(30,31)27(14-20(28)34-23(2,3)4)21-18(25)12-17(24)13-19(21)33-15-16-9-7-6-8-10-16/h5-10,12-13H,1,11,14-15H2,2-4H3,(H,26,29). The molecule has 1 N–H and O–H groups in total. The van der Waals surface area contributed by atoms with Crippen molar-refractivity contribution in [2.45, 2.75) is 33.0 Å². The van der Waals surface area contributed by atoms with Crippen LogP contribution in [0.2, 0.25) is 0 Å². The highest BCUT2D eigenvalue weighted by molar-refractivity contribution is 9.10. The van der Waals surface area contributed by atoms with Gasteiger partial charge in [0.1, 0.15) is 36.8 Å². The first-order valence-corrected chi connectivity index (χ1v) is 12.5. The first kappa shape index (κ1) is 28.1. The second-order valence-corrected chi connectivity index (χ2v) is 10.6. The lowest BCUT2D eigenvalue weighted by atomic mass is 10.2. The van der Waals surface area contributed by atoms with Crippen molar-refractivity contribution >= 4 is 43.9 Å². The van der Waals surface area contributed by atoms with E-state index < -0.39 is 45.9 Å². The molecule has 12 heteroatoms. The van der Waals surface area contributed by atoms with Gasteiger partial charge in [-0.25, -0.2) is 18.2 Å². The van der Waals surface area contributed by atoms with Gasteiger partial charge < -0.3 is 14.2 Å². The zero-order valence-electron chi connectivity index (χ0n) is 19.4. The minimum atomic E-state index is -4.86. The topological polar surface area (TPSA) is 111 Å². The molecule has 0 unspecified atom stereocenters. The molecule has 2 rings (SSSR count). The molecule has 2 aromatic rings. The van der Waals surface area contributed by atoms with Gasteiger partial charge in [-0.3, -0.25) is 4.79 Å². The van der Waals surface area contributed by atoms with Crippen molar-refractivity contribution in [2.75, 3.05) is 17.5 Å². The molecule has 0 aliphatic carbocycles. The van der Waals surface area contributed by atoms with Gasteiger partial charge in [-0.1, -0.05) is 58.9 Å². The molecule has 0 bridgehead atoms. The normalized spacial score (nSPS) is 11.3. The average molecular weight is 573 g/mol. The molecule has 1 amide bonds. The molecule has 0 aliphatic rings. The van der Waals surface area contributed by atoms with E-state index in [1.54, 1.807) is 55.8 Å². The molecule has 9 nitrogen and oxygen atoms in total. The van der Waals surface area contributed by atoms with E-state index in [0.29, 0.717) is 4.31 Å². The molecule has 0 spiro atoms. The fraction of sp³-hybridized carbons (Fsp3) is 0.304. The lowest BCUT2D eigenvalue weighted by Gasteiger charge is -2.27. The van der Waals surface area contributed by atoms with E-state index in [4.69, 9.17) is 9.47 Å². The summed E-state index contributed by atoms with van der Waals surface area (Å²) in [5.41, 5.74) is -0.821. The maximum Gasteiger partial charge on any atom is 0.422 e. The fourth-order valence-corrected chi connectivity index (χ4v) is 4.21. The number of carbonyl (C=O) groups excluding carboxylic acids is 2. The quantitative estimate of drug-likeness (QED) is 0.330. The largest absolute Gasteiger partial charge is 0.487 e. The summed E-state index contributed by atoms with van der Waals surface area (Å²) in [6.45, 7) is 6.87. The number of nitrogens with one attached hydrogen (secondary N) is 1. The van der Waals surface area contributed by atoms with Gasteiger partial charge in [0.25, 0.3) is 0 Å². The zero-order valence-corrected chi connectivity index (χ0v) is 21.8. The highest BCUT2D eigenvalue weighted by Crippen LogP contribution is 2.36. The zero-order chi connectivity index (χ0) is 26.2. The average Bonchev–Trinajstić information content (AvgIpc) is 2.74. The number of carbonyl (C=O) groups is 2. The second kappa shape index (κ2) is 12.0. The van der Waals surface area contributed by atoms with Crippen LogP contribution in [0, 0.1) is 5.82 Å². The molecule has 0 saturated carbocycles. The van der Waals surface area contributed by atoms with Gasteiger partial charge in [0, 0.05) is 4.47 Å². The Kier molecular flexibility index (Phi) is 9.66. The van der Waals surface area contributed by atoms with Crippen molar-refractivity contribution in [3.05, 3.63) is 71.0 Å². The van der Waals surface area contributed by atoms with Gasteiger partial charge in [0.2, 0.25) is 0 Å². The van der Waals surface area contributed by atoms with Crippen LogP contribution in [0.15, 0.2) is 59.6 Å². The van der Waals surface area contributed by atoms with Crippen molar-refractivity contribution in [2.24, 2.45) is 0 Å². The van der Waals surface area contributed by atoms with Gasteiger partial charge in [-0.15, -0.1) is 0 Å². The third kappa shape index (κ3) is 8.87. The van der Waals surface area contributed by atoms with Crippen molar-refractivity contribution in [1.29, 1.82) is 0 Å². The Morgan fingerprint density at radius 1 is 1.20 bits per heavy atom. The number of amides is 1. The van der Waals surface area contributed by atoms with Gasteiger partial charge in [0.05, 0.1) is 0 Å². The Morgan fingerprint density at radius 2 is 1.86 bits per heavy atom. The number of anilines is 1. The third-order valence-corrected chi connectivity index (χ3v) is 5.78. The van der Waals surface area contributed by atoms with Crippen LogP contribution in [-0.2, 0) is 31.1 Å². The number of nitrogens with zero attached hydrogens (tertiary/aromatic N) is 1. The van der Waals surface area contributed by atoms with E-state index in [1.807, 2.05) is 0 Å². The minimum absolute atomic E-state index is 0.0289. The van der Waals surface area contributed by atoms with Gasteiger partial charge in [-0.05, 0) is 38.5 Å². The highest BCUT2D eigenvalue weighted by Gasteiger charge is 2.34. The van der Waals surface area contributed by atoms with Crippen LogP contribution in [0.1, 0.15) is 26.3 Å². The van der Waals surface area contributed by atoms with E-state index in [1.165, 1.54) is 12.1 Å². The predicted octanol–water partition coefficient (Wildman–Crippen LogP) is 4.47. The summed E-state index contributed by atoms with van der Waals surface area (Å²) < 4.78 is 59.3. The number of rotatable bonds is 10. The van der Waals surface area contributed by atoms with Crippen molar-refractivity contribution in [3.8, 4) is 5.75 Å². The Bertz CT molecular complexity index is 1170. The molecular weight excluding hydrogens is 547 g/mol. The predicted molar refractivity (Wildman–Crippen MR) is 132 cm³/mol. The van der Waals surface area contributed by atoms with Crippen LogP contribution in [0.3, 0.4) is 0 Å². The summed E-state index contributed by atoms with van der Waals surface area (Å²) in [7, 11) is -4.86. The van der Waals surface area contributed by atoms with Crippen LogP contribution in [0.5, 0.6) is 5.75 Å². The summed E-state index contributed by atoms with van der Waals surface area (Å²) in [5.74, 6) is -2.22. The highest BCUT2D eigenvalue weighted by atomic mass is 79.9. The molecule has 0 fully saturated rings. The molecule has 0 heterocycles. The molecule has 0 radical (unpaired) electrons. The van der Waals surface area contributed by atoms with Gasteiger partial charge in [-0.2, -0.15) is 8.42 Å². The number of halogens is 2. The summed E-state index contributed by atoms with van der Waals surface area (Å²) in [6.07, 6.45) is -0.113. The van der Waals surface area contributed by atoms with E-state index in [2.05, 4.69) is 27.2 Å². The van der Waals surface area contributed by atoms with Crippen LogP contribution in [0.4, 0.5) is 14.9 Å². The van der Waals surface area contributed by atoms with E-state index in [-0.39, 0.29) is 23.4 Å². The molecule has 0 aliphatic heterocycles. The van der Waals surface area contributed by atoms with E-state index >= 15 is 4.39 Å². The van der Waals surface area contributed by atoms with Gasteiger partial charge >= 0.3 is 22.3 Å². The monoisotopic (exact) mass is 572 g/mol. The van der Waals surface area contributed by atoms with Crippen LogP contribution >= 0.6 is 15.9 Å². The smallest absolute Gasteiger partial charge is 0.422 e. The Morgan fingerprint density at radius 3 is 2.46 bits per heavy atom. The maximum atomic E-state index is 15.2. The molecule has 0 aromatic heterocycles. The SMILES string of the molecule is C=CCOC(=O)NS(=O)(=O)N(CC(=O)OC(C)(C)C)c1c(F)cc(Br)cc1OCc1ccccc1. The lowest BCUT2D eigenvalue weighted by Crippen LogP contribution is -2.47. The second-order valence-electron chi connectivity index (χ2n) is 8.10. The van der Waals surface area contributed by atoms with E-state index in [9.17, 15) is 18.0 Å². The number of ether oxygens (including phenoxy) is 3. The van der Waals surface area contributed by atoms with Crippen LogP contribution in [-0.4, -0.2) is 39.2 Å². The van der Waals surface area contributed by atoms with Crippen LogP contribution in [0.25, 0.3) is 0 Å². The van der Waals surface area contributed by atoms with Gasteiger partial charge in [0.15, 0.2) is 5.82 Å². The first-order valence-electron chi connectivity index (χ1n) is 10.3.